The maximum atomic E-state index is 14.4. The number of aromatic nitrogens is 4. The number of alkyl halides is 2. The number of allylic oxidation sites excluding steroid dienone is 2. The van der Waals surface area contributed by atoms with Gasteiger partial charge in [-0.05, 0) is 43.2 Å². The van der Waals surface area contributed by atoms with E-state index >= 15 is 0 Å². The summed E-state index contributed by atoms with van der Waals surface area (Å²) in [4.78, 5) is 13.0. The second-order valence-corrected chi connectivity index (χ2v) is 7.77. The zero-order valence-corrected chi connectivity index (χ0v) is 17.0. The zero-order valence-electron chi connectivity index (χ0n) is 17.0. The van der Waals surface area contributed by atoms with Crippen molar-refractivity contribution in [2.45, 2.75) is 31.7 Å². The molecular weight excluding hydrogens is 398 g/mol. The summed E-state index contributed by atoms with van der Waals surface area (Å²) >= 11 is 0. The Hall–Kier alpha value is -3.55. The van der Waals surface area contributed by atoms with Crippen molar-refractivity contribution in [2.24, 2.45) is 0 Å². The molecule has 1 unspecified atom stereocenters. The van der Waals surface area contributed by atoms with Crippen molar-refractivity contribution in [3.05, 3.63) is 72.9 Å². The standard InChI is InChI=1S/C23H22F2N6/c1-23(24,25)18-7-8-19(27-21(18)20-17-6-5-11-26-22(17)29-28-20)31-14-9-16(10-15-31)30-12-3-2-4-13-30/h3-9,11-14,16H,2,10,15H2,1H3,(H,26,28,29). The van der Waals surface area contributed by atoms with Gasteiger partial charge < -0.3 is 9.80 Å². The molecule has 3 aromatic heterocycles. The number of aromatic amines is 1. The lowest BCUT2D eigenvalue weighted by molar-refractivity contribution is 0.0178. The molecule has 2 aliphatic rings. The number of halogens is 2. The average Bonchev–Trinajstić information content (AvgIpc) is 3.23. The van der Waals surface area contributed by atoms with Crippen LogP contribution in [0.2, 0.25) is 0 Å². The van der Waals surface area contributed by atoms with E-state index in [1.807, 2.05) is 11.1 Å². The second-order valence-electron chi connectivity index (χ2n) is 7.77. The minimum absolute atomic E-state index is 0.145. The van der Waals surface area contributed by atoms with E-state index in [1.54, 1.807) is 24.4 Å². The Bertz CT molecular complexity index is 1180. The third kappa shape index (κ3) is 3.69. The molecule has 5 rings (SSSR count). The monoisotopic (exact) mass is 420 g/mol. The summed E-state index contributed by atoms with van der Waals surface area (Å²) in [5, 5.41) is 7.67. The van der Waals surface area contributed by atoms with E-state index in [4.69, 9.17) is 0 Å². The van der Waals surface area contributed by atoms with Crippen molar-refractivity contribution in [3.63, 3.8) is 0 Å². The number of anilines is 1. The van der Waals surface area contributed by atoms with Crippen LogP contribution in [0.4, 0.5) is 14.6 Å². The van der Waals surface area contributed by atoms with Crippen molar-refractivity contribution in [2.75, 3.05) is 11.4 Å². The molecule has 0 spiro atoms. The highest BCUT2D eigenvalue weighted by Crippen LogP contribution is 2.37. The molecular formula is C23H22F2N6. The highest BCUT2D eigenvalue weighted by molar-refractivity contribution is 5.90. The molecule has 1 N–H and O–H groups in total. The predicted molar refractivity (Wildman–Crippen MR) is 116 cm³/mol. The van der Waals surface area contributed by atoms with Gasteiger partial charge in [-0.3, -0.25) is 5.10 Å². The molecule has 0 fully saturated rings. The zero-order chi connectivity index (χ0) is 21.4. The number of hydrogen-bond donors (Lipinski definition) is 1. The van der Waals surface area contributed by atoms with Crippen molar-refractivity contribution < 1.29 is 8.78 Å². The van der Waals surface area contributed by atoms with Gasteiger partial charge in [0.15, 0.2) is 5.65 Å². The SMILES string of the molecule is CC(F)(F)c1ccc(N2C=CC(N3C=CCC=C3)CC2)nc1-c1[nH]nc2ncccc12. The first kappa shape index (κ1) is 19.4. The molecule has 1 atom stereocenters. The van der Waals surface area contributed by atoms with Gasteiger partial charge in [-0.15, -0.1) is 0 Å². The van der Waals surface area contributed by atoms with Gasteiger partial charge in [0.25, 0.3) is 5.92 Å². The molecule has 5 heterocycles. The van der Waals surface area contributed by atoms with Crippen LogP contribution < -0.4 is 4.90 Å². The molecule has 2 aliphatic heterocycles. The summed E-state index contributed by atoms with van der Waals surface area (Å²) in [6.45, 7) is 1.62. The quantitative estimate of drug-likeness (QED) is 0.647. The molecule has 0 radical (unpaired) electrons. The molecule has 0 bridgehead atoms. The first-order chi connectivity index (χ1) is 15.0. The molecule has 0 aromatic carbocycles. The van der Waals surface area contributed by atoms with Crippen LogP contribution in [0.25, 0.3) is 22.4 Å². The van der Waals surface area contributed by atoms with Gasteiger partial charge in [-0.1, -0.05) is 12.2 Å². The van der Waals surface area contributed by atoms with Gasteiger partial charge in [0.2, 0.25) is 0 Å². The molecule has 3 aromatic rings. The Morgan fingerprint density at radius 2 is 1.97 bits per heavy atom. The first-order valence-electron chi connectivity index (χ1n) is 10.3. The number of fused-ring (bicyclic) bond motifs is 1. The molecule has 8 heteroatoms. The third-order valence-electron chi connectivity index (χ3n) is 5.58. The molecule has 158 valence electrons. The van der Waals surface area contributed by atoms with Gasteiger partial charge >= 0.3 is 0 Å². The molecule has 31 heavy (non-hydrogen) atoms. The fraction of sp³-hybridized carbons (Fsp3) is 0.261. The van der Waals surface area contributed by atoms with Gasteiger partial charge in [-0.2, -0.15) is 5.10 Å². The van der Waals surface area contributed by atoms with Crippen LogP contribution in [0, 0.1) is 0 Å². The van der Waals surface area contributed by atoms with E-state index in [2.05, 4.69) is 55.7 Å². The Morgan fingerprint density at radius 1 is 1.13 bits per heavy atom. The molecule has 0 aliphatic carbocycles. The van der Waals surface area contributed by atoms with Crippen molar-refractivity contribution in [3.8, 4) is 11.4 Å². The van der Waals surface area contributed by atoms with Crippen molar-refractivity contribution in [1.29, 1.82) is 0 Å². The number of H-pyrrole nitrogens is 1. The Kier molecular flexibility index (Phi) is 4.77. The number of rotatable bonds is 4. The normalized spacial score (nSPS) is 18.9. The topological polar surface area (TPSA) is 60.9 Å². The maximum absolute atomic E-state index is 14.4. The smallest absolute Gasteiger partial charge is 0.272 e. The Morgan fingerprint density at radius 3 is 2.71 bits per heavy atom. The lowest BCUT2D eigenvalue weighted by atomic mass is 10.0. The second kappa shape index (κ2) is 7.61. The summed E-state index contributed by atoms with van der Waals surface area (Å²) in [5.41, 5.74) is 0.966. The van der Waals surface area contributed by atoms with Crippen LogP contribution in [0.5, 0.6) is 0 Å². The van der Waals surface area contributed by atoms with Crippen LogP contribution in [0.15, 0.2) is 67.3 Å². The van der Waals surface area contributed by atoms with Gasteiger partial charge in [-0.25, -0.2) is 18.7 Å². The molecule has 0 saturated heterocycles. The van der Waals surface area contributed by atoms with E-state index in [0.29, 0.717) is 22.5 Å². The maximum Gasteiger partial charge on any atom is 0.272 e. The third-order valence-corrected chi connectivity index (χ3v) is 5.58. The predicted octanol–water partition coefficient (Wildman–Crippen LogP) is 4.96. The van der Waals surface area contributed by atoms with Crippen LogP contribution in [-0.2, 0) is 5.92 Å². The largest absolute Gasteiger partial charge is 0.348 e. The van der Waals surface area contributed by atoms with Crippen LogP contribution in [0.3, 0.4) is 0 Å². The lowest BCUT2D eigenvalue weighted by Crippen LogP contribution is -2.34. The average molecular weight is 420 g/mol. The number of hydrogen-bond acceptors (Lipinski definition) is 5. The minimum atomic E-state index is -3.05. The first-order valence-corrected chi connectivity index (χ1v) is 10.3. The van der Waals surface area contributed by atoms with Gasteiger partial charge in [0.1, 0.15) is 11.5 Å². The Balaban J connectivity index is 1.51. The van der Waals surface area contributed by atoms with E-state index in [0.717, 1.165) is 26.3 Å². The summed E-state index contributed by atoms with van der Waals surface area (Å²) in [6.07, 6.45) is 16.0. The van der Waals surface area contributed by atoms with Crippen molar-refractivity contribution >= 4 is 16.9 Å². The molecule has 0 saturated carbocycles. The van der Waals surface area contributed by atoms with Crippen LogP contribution in [0.1, 0.15) is 25.3 Å². The molecule has 6 nitrogen and oxygen atoms in total. The Labute approximate surface area is 178 Å². The summed E-state index contributed by atoms with van der Waals surface area (Å²) < 4.78 is 28.8. The van der Waals surface area contributed by atoms with E-state index in [9.17, 15) is 8.78 Å². The highest BCUT2D eigenvalue weighted by Gasteiger charge is 2.31. The minimum Gasteiger partial charge on any atom is -0.348 e. The van der Waals surface area contributed by atoms with Crippen LogP contribution in [-0.4, -0.2) is 37.7 Å². The van der Waals surface area contributed by atoms with Gasteiger partial charge in [0, 0.05) is 49.2 Å². The van der Waals surface area contributed by atoms with E-state index in [-0.39, 0.29) is 17.3 Å². The fourth-order valence-electron chi connectivity index (χ4n) is 3.98. The molecule has 0 amide bonds. The van der Waals surface area contributed by atoms with E-state index in [1.165, 1.54) is 6.07 Å². The highest BCUT2D eigenvalue weighted by atomic mass is 19.3. The lowest BCUT2D eigenvalue weighted by Gasteiger charge is -2.33. The fourth-order valence-corrected chi connectivity index (χ4v) is 3.98. The van der Waals surface area contributed by atoms with Crippen molar-refractivity contribution in [1.82, 2.24) is 25.1 Å². The number of nitrogens with one attached hydrogen (secondary N) is 1. The summed E-state index contributed by atoms with van der Waals surface area (Å²) in [7, 11) is 0. The van der Waals surface area contributed by atoms with Crippen LogP contribution >= 0.6 is 0 Å². The summed E-state index contributed by atoms with van der Waals surface area (Å²) in [5.74, 6) is -2.43. The van der Waals surface area contributed by atoms with Gasteiger partial charge in [0.05, 0.1) is 11.7 Å². The number of nitrogens with zero attached hydrogens (tertiary/aromatic N) is 5. The summed E-state index contributed by atoms with van der Waals surface area (Å²) in [6, 6.07) is 6.93. The van der Waals surface area contributed by atoms with E-state index < -0.39 is 5.92 Å². The number of pyridine rings is 2.